The van der Waals surface area contributed by atoms with E-state index in [2.05, 4.69) is 24.9 Å². The maximum Gasteiger partial charge on any atom is 0.318 e. The second-order valence-electron chi connectivity index (χ2n) is 11.0. The molecule has 1 atom stereocenters. The van der Waals surface area contributed by atoms with Crippen LogP contribution in [0.5, 0.6) is 6.01 Å². The third kappa shape index (κ3) is 5.61. The van der Waals surface area contributed by atoms with Gasteiger partial charge in [0.15, 0.2) is 11.6 Å². The zero-order valence-corrected chi connectivity index (χ0v) is 25.0. The van der Waals surface area contributed by atoms with Gasteiger partial charge in [0.1, 0.15) is 22.9 Å². The summed E-state index contributed by atoms with van der Waals surface area (Å²) in [5.74, 6) is -1.04. The van der Waals surface area contributed by atoms with Gasteiger partial charge in [-0.05, 0) is 56.7 Å². The lowest BCUT2D eigenvalue weighted by Crippen LogP contribution is -2.37. The highest BCUT2D eigenvalue weighted by molar-refractivity contribution is 6.32. The van der Waals surface area contributed by atoms with E-state index in [0.29, 0.717) is 52.0 Å². The van der Waals surface area contributed by atoms with Gasteiger partial charge in [-0.15, -0.1) is 0 Å². The Bertz CT molecular complexity index is 1760. The monoisotopic (exact) mass is 605 g/mol. The summed E-state index contributed by atoms with van der Waals surface area (Å²) in [6.45, 7) is 4.07. The molecule has 1 aliphatic heterocycles. The summed E-state index contributed by atoms with van der Waals surface area (Å²) in [5.41, 5.74) is 2.79. The molecule has 6 rings (SSSR count). The molecule has 2 aliphatic rings. The van der Waals surface area contributed by atoms with Crippen LogP contribution in [0.4, 0.5) is 14.6 Å². The van der Waals surface area contributed by atoms with Crippen molar-refractivity contribution in [1.82, 2.24) is 29.8 Å². The van der Waals surface area contributed by atoms with Crippen molar-refractivity contribution in [3.63, 3.8) is 0 Å². The number of nitrogens with zero attached hydrogens (tertiary/aromatic N) is 7. The first-order valence-electron chi connectivity index (χ1n) is 14.0. The molecular formula is C31H30ClF2N7O2. The summed E-state index contributed by atoms with van der Waals surface area (Å²) in [6, 6.07) is 6.81. The molecule has 0 N–H and O–H groups in total. The van der Waals surface area contributed by atoms with Crippen LogP contribution in [-0.2, 0) is 4.79 Å². The van der Waals surface area contributed by atoms with Crippen molar-refractivity contribution in [2.75, 3.05) is 32.1 Å². The van der Waals surface area contributed by atoms with Gasteiger partial charge in [0.25, 0.3) is 5.91 Å². The van der Waals surface area contributed by atoms with Gasteiger partial charge < -0.3 is 14.5 Å². The van der Waals surface area contributed by atoms with Crippen molar-refractivity contribution in [2.45, 2.75) is 45.1 Å². The first-order valence-corrected chi connectivity index (χ1v) is 14.4. The molecule has 9 nitrogen and oxygen atoms in total. The SMILES string of the molecule is COc1nc(N(C)C2CCN(C(=O)/C(F)=C/c3cc(C)nc(C)n3)C2)c2cnc(-c3cccc(Cl)c3C3CC3)c(F)c2n1. The second-order valence-corrected chi connectivity index (χ2v) is 11.4. The molecule has 4 heterocycles. The van der Waals surface area contributed by atoms with Crippen LogP contribution in [0.2, 0.25) is 5.02 Å². The number of methoxy groups -OCH3 is 1. The highest BCUT2D eigenvalue weighted by Gasteiger charge is 2.34. The number of hydrogen-bond donors (Lipinski definition) is 0. The first-order chi connectivity index (χ1) is 20.6. The summed E-state index contributed by atoms with van der Waals surface area (Å²) in [7, 11) is 3.21. The van der Waals surface area contributed by atoms with Crippen LogP contribution < -0.4 is 9.64 Å². The fourth-order valence-corrected chi connectivity index (χ4v) is 6.01. The number of aryl methyl sites for hydroxylation is 2. The van der Waals surface area contributed by atoms with Gasteiger partial charge in [-0.2, -0.15) is 9.97 Å². The summed E-state index contributed by atoms with van der Waals surface area (Å²) >= 11 is 6.52. The van der Waals surface area contributed by atoms with E-state index in [1.165, 1.54) is 12.0 Å². The van der Waals surface area contributed by atoms with E-state index in [-0.39, 0.29) is 35.7 Å². The van der Waals surface area contributed by atoms with Crippen molar-refractivity contribution in [2.24, 2.45) is 0 Å². The Kier molecular flexibility index (Phi) is 7.68. The number of anilines is 1. The number of likely N-dealkylation sites (N-methyl/N-ethyl adjacent to an activating group) is 1. The van der Waals surface area contributed by atoms with E-state index in [9.17, 15) is 9.18 Å². The van der Waals surface area contributed by atoms with Crippen molar-refractivity contribution < 1.29 is 18.3 Å². The van der Waals surface area contributed by atoms with E-state index in [1.807, 2.05) is 17.0 Å². The number of aromatic nitrogens is 5. The number of carbonyl (C=O) groups is 1. The molecule has 12 heteroatoms. The number of fused-ring (bicyclic) bond motifs is 1. The maximum atomic E-state index is 16.2. The van der Waals surface area contributed by atoms with E-state index < -0.39 is 17.6 Å². The Morgan fingerprint density at radius 3 is 2.67 bits per heavy atom. The number of amides is 1. The molecule has 4 aromatic rings. The summed E-state index contributed by atoms with van der Waals surface area (Å²) < 4.78 is 36.5. The molecule has 1 aromatic carbocycles. The number of halogens is 3. The number of hydrogen-bond acceptors (Lipinski definition) is 8. The molecule has 0 spiro atoms. The van der Waals surface area contributed by atoms with Crippen LogP contribution >= 0.6 is 11.6 Å². The fourth-order valence-electron chi connectivity index (χ4n) is 5.68. The van der Waals surface area contributed by atoms with E-state index in [0.717, 1.165) is 24.5 Å². The summed E-state index contributed by atoms with van der Waals surface area (Å²) in [4.78, 5) is 38.0. The Balaban J connectivity index is 1.29. The molecule has 1 saturated carbocycles. The maximum absolute atomic E-state index is 16.2. The van der Waals surface area contributed by atoms with E-state index in [1.54, 1.807) is 39.2 Å². The summed E-state index contributed by atoms with van der Waals surface area (Å²) in [5, 5.41) is 0.987. The van der Waals surface area contributed by atoms with Gasteiger partial charge in [0.2, 0.25) is 0 Å². The standard InChI is InChI=1S/C31H30ClF2N7O2/c1-16-12-19(37-17(2)36-16)13-24(33)30(42)41-11-10-20(15-41)40(3)29-22-14-35-27(26(34)28(22)38-31(39-29)43-4)21-6-5-7-23(32)25(21)18-8-9-18/h5-7,12-14,18,20H,8-11,15H2,1-4H3/b24-13-. The molecular weight excluding hydrogens is 576 g/mol. The molecule has 1 amide bonds. The zero-order valence-electron chi connectivity index (χ0n) is 24.2. The Morgan fingerprint density at radius 1 is 1.16 bits per heavy atom. The number of pyridine rings is 1. The smallest absolute Gasteiger partial charge is 0.318 e. The van der Waals surface area contributed by atoms with Crippen molar-refractivity contribution in [1.29, 1.82) is 0 Å². The first kappa shape index (κ1) is 28.9. The second kappa shape index (κ2) is 11.4. The lowest BCUT2D eigenvalue weighted by molar-refractivity contribution is -0.127. The third-order valence-electron chi connectivity index (χ3n) is 7.92. The van der Waals surface area contributed by atoms with Crippen molar-refractivity contribution >= 4 is 40.3 Å². The largest absolute Gasteiger partial charge is 0.467 e. The Morgan fingerprint density at radius 2 is 1.95 bits per heavy atom. The minimum atomic E-state index is -0.902. The van der Waals surface area contributed by atoms with Gasteiger partial charge in [-0.1, -0.05) is 23.7 Å². The van der Waals surface area contributed by atoms with Crippen LogP contribution in [0.15, 0.2) is 36.3 Å². The van der Waals surface area contributed by atoms with Crippen LogP contribution in [0.3, 0.4) is 0 Å². The number of ether oxygens (including phenoxy) is 1. The van der Waals surface area contributed by atoms with Gasteiger partial charge in [-0.3, -0.25) is 9.78 Å². The Labute approximate surface area is 252 Å². The predicted molar refractivity (Wildman–Crippen MR) is 160 cm³/mol. The molecule has 0 bridgehead atoms. The topological polar surface area (TPSA) is 97.2 Å². The van der Waals surface area contributed by atoms with Crippen LogP contribution in [0, 0.1) is 19.7 Å². The lowest BCUT2D eigenvalue weighted by atomic mass is 9.99. The third-order valence-corrected chi connectivity index (χ3v) is 8.25. The van der Waals surface area contributed by atoms with Gasteiger partial charge in [0, 0.05) is 54.7 Å². The highest BCUT2D eigenvalue weighted by atomic mass is 35.5. The van der Waals surface area contributed by atoms with Crippen molar-refractivity contribution in [3.8, 4) is 17.3 Å². The predicted octanol–water partition coefficient (Wildman–Crippen LogP) is 5.82. The van der Waals surface area contributed by atoms with E-state index in [4.69, 9.17) is 16.3 Å². The van der Waals surface area contributed by atoms with Crippen LogP contribution in [0.1, 0.15) is 48.0 Å². The molecule has 1 saturated heterocycles. The molecule has 1 aliphatic carbocycles. The average Bonchev–Trinajstić information content (AvgIpc) is 3.70. The highest BCUT2D eigenvalue weighted by Crippen LogP contribution is 2.48. The molecule has 222 valence electrons. The number of likely N-dealkylation sites (tertiary alicyclic amines) is 1. The van der Waals surface area contributed by atoms with Gasteiger partial charge in [-0.25, -0.2) is 18.7 Å². The molecule has 0 radical (unpaired) electrons. The van der Waals surface area contributed by atoms with Gasteiger partial charge in [0.05, 0.1) is 18.2 Å². The van der Waals surface area contributed by atoms with Crippen LogP contribution in [-0.4, -0.2) is 69.0 Å². The minimum Gasteiger partial charge on any atom is -0.467 e. The van der Waals surface area contributed by atoms with Crippen LogP contribution in [0.25, 0.3) is 28.2 Å². The molecule has 1 unspecified atom stereocenters. The van der Waals surface area contributed by atoms with Crippen molar-refractivity contribution in [3.05, 3.63) is 69.9 Å². The quantitative estimate of drug-likeness (QED) is 0.243. The number of carbonyl (C=O) groups excluding carboxylic acids is 1. The van der Waals surface area contributed by atoms with Gasteiger partial charge >= 0.3 is 6.01 Å². The molecule has 2 fully saturated rings. The normalized spacial score (nSPS) is 17.0. The zero-order chi connectivity index (χ0) is 30.4. The number of rotatable bonds is 7. The molecule has 43 heavy (non-hydrogen) atoms. The van der Waals surface area contributed by atoms with E-state index >= 15 is 4.39 Å². The lowest BCUT2D eigenvalue weighted by Gasteiger charge is -2.27. The Hall–Kier alpha value is -4.25. The minimum absolute atomic E-state index is 0.00532. The number of benzene rings is 1. The average molecular weight is 606 g/mol. The summed E-state index contributed by atoms with van der Waals surface area (Å²) in [6.07, 6.45) is 5.23. The fraction of sp³-hybridized carbons (Fsp3) is 0.355. The molecule has 3 aromatic heterocycles.